The number of fused-ring (bicyclic) bond motifs is 1. The molecule has 0 spiro atoms. The van der Waals surface area contributed by atoms with Crippen molar-refractivity contribution in [3.8, 4) is 0 Å². The number of carbonyl (C=O) groups excluding carboxylic acids is 1. The molecular formula is C17H18N4O4S. The van der Waals surface area contributed by atoms with Crippen LogP contribution in [-0.2, 0) is 21.2 Å². The molecule has 3 aromatic rings. The molecule has 3 rings (SSSR count). The maximum Gasteiger partial charge on any atom is 0.350 e. The first-order valence-electron chi connectivity index (χ1n) is 8.07. The van der Waals surface area contributed by atoms with E-state index in [-0.39, 0.29) is 35.2 Å². The normalized spacial score (nSPS) is 11.6. The SMILES string of the molecule is CCS(=O)(=O)c1ccc(NC(=O)CCn2nc3ccccn3c2=O)cc1. The lowest BCUT2D eigenvalue weighted by Crippen LogP contribution is -2.24. The second-order valence-electron chi connectivity index (χ2n) is 5.66. The van der Waals surface area contributed by atoms with Crippen LogP contribution in [0, 0.1) is 0 Å². The number of rotatable bonds is 6. The number of pyridine rings is 1. The third-order valence-corrected chi connectivity index (χ3v) is 5.67. The van der Waals surface area contributed by atoms with E-state index in [1.165, 1.54) is 33.3 Å². The average Bonchev–Trinajstić information content (AvgIpc) is 2.97. The number of carbonyl (C=O) groups is 1. The van der Waals surface area contributed by atoms with Crippen molar-refractivity contribution in [2.75, 3.05) is 11.1 Å². The summed E-state index contributed by atoms with van der Waals surface area (Å²) in [6, 6.07) is 11.2. The highest BCUT2D eigenvalue weighted by molar-refractivity contribution is 7.91. The molecule has 0 saturated heterocycles. The number of nitrogens with one attached hydrogen (secondary N) is 1. The molecule has 0 aliphatic heterocycles. The van der Waals surface area contributed by atoms with Gasteiger partial charge in [-0.3, -0.25) is 9.20 Å². The Bertz CT molecular complexity index is 1100. The number of hydrogen-bond acceptors (Lipinski definition) is 5. The average molecular weight is 374 g/mol. The second kappa shape index (κ2) is 7.12. The fraction of sp³-hybridized carbons (Fsp3) is 0.235. The molecule has 0 bridgehead atoms. The van der Waals surface area contributed by atoms with Gasteiger partial charge in [0.15, 0.2) is 15.5 Å². The smallest absolute Gasteiger partial charge is 0.326 e. The number of nitrogens with zero attached hydrogens (tertiary/aromatic N) is 3. The van der Waals surface area contributed by atoms with Gasteiger partial charge >= 0.3 is 5.69 Å². The highest BCUT2D eigenvalue weighted by Gasteiger charge is 2.12. The Kier molecular flexibility index (Phi) is 4.90. The number of aromatic nitrogens is 3. The molecule has 1 amide bonds. The summed E-state index contributed by atoms with van der Waals surface area (Å²) >= 11 is 0. The fourth-order valence-electron chi connectivity index (χ4n) is 2.46. The molecule has 0 radical (unpaired) electrons. The number of aryl methyl sites for hydroxylation is 1. The van der Waals surface area contributed by atoms with E-state index in [1.54, 1.807) is 31.3 Å². The lowest BCUT2D eigenvalue weighted by atomic mass is 10.3. The minimum Gasteiger partial charge on any atom is -0.326 e. The number of sulfone groups is 1. The molecular weight excluding hydrogens is 356 g/mol. The van der Waals surface area contributed by atoms with Crippen LogP contribution < -0.4 is 11.0 Å². The predicted molar refractivity (Wildman–Crippen MR) is 96.9 cm³/mol. The molecule has 2 aromatic heterocycles. The van der Waals surface area contributed by atoms with Gasteiger partial charge in [-0.1, -0.05) is 13.0 Å². The van der Waals surface area contributed by atoms with Gasteiger partial charge in [-0.2, -0.15) is 0 Å². The summed E-state index contributed by atoms with van der Waals surface area (Å²) in [4.78, 5) is 24.4. The van der Waals surface area contributed by atoms with E-state index in [0.717, 1.165) is 0 Å². The van der Waals surface area contributed by atoms with Crippen LogP contribution >= 0.6 is 0 Å². The van der Waals surface area contributed by atoms with Gasteiger partial charge in [0.25, 0.3) is 0 Å². The van der Waals surface area contributed by atoms with Gasteiger partial charge in [0, 0.05) is 18.3 Å². The third kappa shape index (κ3) is 3.67. The van der Waals surface area contributed by atoms with Crippen LogP contribution in [0.25, 0.3) is 5.65 Å². The summed E-state index contributed by atoms with van der Waals surface area (Å²) in [5.74, 6) is -0.271. The highest BCUT2D eigenvalue weighted by atomic mass is 32.2. The molecule has 0 unspecified atom stereocenters. The summed E-state index contributed by atoms with van der Waals surface area (Å²) < 4.78 is 26.2. The molecule has 8 nitrogen and oxygen atoms in total. The molecule has 136 valence electrons. The quantitative estimate of drug-likeness (QED) is 0.701. The molecule has 2 heterocycles. The van der Waals surface area contributed by atoms with E-state index >= 15 is 0 Å². The second-order valence-corrected chi connectivity index (χ2v) is 7.94. The van der Waals surface area contributed by atoms with Gasteiger partial charge in [0.05, 0.1) is 17.2 Å². The van der Waals surface area contributed by atoms with Gasteiger partial charge < -0.3 is 5.32 Å². The van der Waals surface area contributed by atoms with E-state index in [2.05, 4.69) is 10.4 Å². The standard InChI is InChI=1S/C17H18N4O4S/c1-2-26(24,25)14-8-6-13(7-9-14)18-16(22)10-12-21-17(23)20-11-4-3-5-15(20)19-21/h3-9,11H,2,10,12H2,1H3,(H,18,22). The summed E-state index contributed by atoms with van der Waals surface area (Å²) in [7, 11) is -3.27. The Morgan fingerprint density at radius 2 is 1.88 bits per heavy atom. The van der Waals surface area contributed by atoms with Crippen LogP contribution in [0.15, 0.2) is 58.4 Å². The molecule has 0 aliphatic carbocycles. The van der Waals surface area contributed by atoms with Crippen LogP contribution in [0.2, 0.25) is 0 Å². The summed E-state index contributed by atoms with van der Waals surface area (Å²) in [5.41, 5.74) is 0.709. The van der Waals surface area contributed by atoms with E-state index in [9.17, 15) is 18.0 Å². The number of amides is 1. The molecule has 26 heavy (non-hydrogen) atoms. The first kappa shape index (κ1) is 17.9. The Hall–Kier alpha value is -2.94. The fourth-order valence-corrected chi connectivity index (χ4v) is 3.34. The van der Waals surface area contributed by atoms with E-state index in [0.29, 0.717) is 11.3 Å². The van der Waals surface area contributed by atoms with Gasteiger partial charge in [-0.15, -0.1) is 5.10 Å². The number of benzene rings is 1. The number of anilines is 1. The van der Waals surface area contributed by atoms with E-state index < -0.39 is 9.84 Å². The lowest BCUT2D eigenvalue weighted by molar-refractivity contribution is -0.116. The Labute approximate surface area is 150 Å². The molecule has 0 atom stereocenters. The van der Waals surface area contributed by atoms with E-state index in [1.807, 2.05) is 0 Å². The molecule has 9 heteroatoms. The molecule has 0 saturated carbocycles. The zero-order chi connectivity index (χ0) is 18.7. The summed E-state index contributed by atoms with van der Waals surface area (Å²) in [5, 5.41) is 6.84. The van der Waals surface area contributed by atoms with Crippen LogP contribution in [0.3, 0.4) is 0 Å². The largest absolute Gasteiger partial charge is 0.350 e. The van der Waals surface area contributed by atoms with Gasteiger partial charge in [-0.05, 0) is 36.4 Å². The predicted octanol–water partition coefficient (Wildman–Crippen LogP) is 1.32. The Balaban J connectivity index is 1.64. The topological polar surface area (TPSA) is 103 Å². The van der Waals surface area contributed by atoms with Crippen molar-refractivity contribution in [2.45, 2.75) is 24.8 Å². The minimum absolute atomic E-state index is 0.0203. The molecule has 1 aromatic carbocycles. The summed E-state index contributed by atoms with van der Waals surface area (Å²) in [6.07, 6.45) is 1.69. The van der Waals surface area contributed by atoms with Gasteiger partial charge in [0.1, 0.15) is 0 Å². The van der Waals surface area contributed by atoms with Crippen LogP contribution in [-0.4, -0.2) is 34.3 Å². The third-order valence-electron chi connectivity index (χ3n) is 3.92. The van der Waals surface area contributed by atoms with Crippen LogP contribution in [0.1, 0.15) is 13.3 Å². The van der Waals surface area contributed by atoms with Crippen molar-refractivity contribution >= 4 is 27.1 Å². The summed E-state index contributed by atoms with van der Waals surface area (Å²) in [6.45, 7) is 1.72. The first-order chi connectivity index (χ1) is 12.4. The van der Waals surface area contributed by atoms with Crippen LogP contribution in [0.4, 0.5) is 5.69 Å². The lowest BCUT2D eigenvalue weighted by Gasteiger charge is -2.06. The van der Waals surface area contributed by atoms with Crippen molar-refractivity contribution < 1.29 is 13.2 Å². The zero-order valence-corrected chi connectivity index (χ0v) is 14.9. The zero-order valence-electron chi connectivity index (χ0n) is 14.1. The van der Waals surface area contributed by atoms with Crippen molar-refractivity contribution in [1.82, 2.24) is 14.2 Å². The van der Waals surface area contributed by atoms with Crippen molar-refractivity contribution in [1.29, 1.82) is 0 Å². The van der Waals surface area contributed by atoms with Crippen molar-refractivity contribution in [2.24, 2.45) is 0 Å². The monoisotopic (exact) mass is 374 g/mol. The molecule has 1 N–H and O–H groups in total. The maximum absolute atomic E-state index is 12.1. The van der Waals surface area contributed by atoms with Crippen LogP contribution in [0.5, 0.6) is 0 Å². The van der Waals surface area contributed by atoms with Gasteiger partial charge in [0.2, 0.25) is 5.91 Å². The number of hydrogen-bond donors (Lipinski definition) is 1. The van der Waals surface area contributed by atoms with Crippen molar-refractivity contribution in [3.05, 3.63) is 59.1 Å². The minimum atomic E-state index is -3.27. The maximum atomic E-state index is 12.1. The Morgan fingerprint density at radius 3 is 2.54 bits per heavy atom. The Morgan fingerprint density at radius 1 is 1.15 bits per heavy atom. The van der Waals surface area contributed by atoms with Crippen molar-refractivity contribution in [3.63, 3.8) is 0 Å². The van der Waals surface area contributed by atoms with Gasteiger partial charge in [-0.25, -0.2) is 17.9 Å². The molecule has 0 fully saturated rings. The molecule has 0 aliphatic rings. The first-order valence-corrected chi connectivity index (χ1v) is 9.73. The van der Waals surface area contributed by atoms with E-state index in [4.69, 9.17) is 0 Å². The highest BCUT2D eigenvalue weighted by Crippen LogP contribution is 2.15.